The number of rotatable bonds is 8. The lowest BCUT2D eigenvalue weighted by atomic mass is 10.1. The molecule has 0 aromatic carbocycles. The molecule has 220 valence electrons. The highest BCUT2D eigenvalue weighted by molar-refractivity contribution is 8.07. The van der Waals surface area contributed by atoms with Gasteiger partial charge in [-0.25, -0.2) is 19.3 Å². The average molecular weight is 615 g/mol. The first-order valence-corrected chi connectivity index (χ1v) is 14.6. The third-order valence-electron chi connectivity index (χ3n) is 6.83. The summed E-state index contributed by atoms with van der Waals surface area (Å²) in [6.45, 7) is -6.15. The molecule has 0 aliphatic carbocycles. The molecule has 41 heavy (non-hydrogen) atoms. The second-order valence-corrected chi connectivity index (χ2v) is 12.1. The van der Waals surface area contributed by atoms with Crippen molar-refractivity contribution in [3.05, 3.63) is 39.7 Å². The van der Waals surface area contributed by atoms with Crippen LogP contribution in [-0.2, 0) is 36.1 Å². The van der Waals surface area contributed by atoms with Crippen LogP contribution in [0.5, 0.6) is 0 Å². The van der Waals surface area contributed by atoms with E-state index < -0.39 is 74.1 Å². The highest BCUT2D eigenvalue weighted by Gasteiger charge is 2.57. The SMILES string of the molecule is Nc1nc2c(ncn2[C@]2(OP(O)(=S)OC[C@H]3O[C@@H](n4cnc5c(=O)[nH]cnc54)C[C@@H]3O)CO[C@H](CO)[C@H]2F)c(=O)[nH]1. The van der Waals surface area contributed by atoms with Gasteiger partial charge in [0.05, 0.1) is 44.9 Å². The second-order valence-electron chi connectivity index (χ2n) is 9.36. The molecule has 2 aliphatic rings. The number of nitrogens with two attached hydrogens (primary N) is 1. The van der Waals surface area contributed by atoms with Crippen LogP contribution in [0.2, 0.25) is 0 Å². The summed E-state index contributed by atoms with van der Waals surface area (Å²) in [5, 5.41) is 20.2. The summed E-state index contributed by atoms with van der Waals surface area (Å²) >= 11 is 5.18. The number of aliphatic hydroxyl groups excluding tert-OH is 2. The lowest BCUT2D eigenvalue weighted by molar-refractivity contribution is -0.0775. The number of nitrogen functional groups attached to an aromatic ring is 1. The van der Waals surface area contributed by atoms with Crippen molar-refractivity contribution in [3.8, 4) is 0 Å². The van der Waals surface area contributed by atoms with E-state index in [0.717, 1.165) is 10.9 Å². The zero-order chi connectivity index (χ0) is 29.1. The van der Waals surface area contributed by atoms with Crippen LogP contribution >= 0.6 is 6.72 Å². The van der Waals surface area contributed by atoms with Gasteiger partial charge in [-0.3, -0.25) is 28.2 Å². The fraction of sp³-hybridized carbons (Fsp3) is 0.500. The summed E-state index contributed by atoms with van der Waals surface area (Å²) in [7, 11) is 0. The fourth-order valence-electron chi connectivity index (χ4n) is 4.86. The molecule has 0 saturated carbocycles. The molecule has 4 aromatic rings. The van der Waals surface area contributed by atoms with E-state index in [4.69, 9.17) is 36.1 Å². The van der Waals surface area contributed by atoms with Crippen molar-refractivity contribution in [3.63, 3.8) is 0 Å². The lowest BCUT2D eigenvalue weighted by Crippen LogP contribution is -2.46. The molecule has 7 atom stereocenters. The third-order valence-corrected chi connectivity index (χ3v) is 8.39. The molecule has 7 N–H and O–H groups in total. The number of imidazole rings is 2. The van der Waals surface area contributed by atoms with Crippen molar-refractivity contribution in [2.45, 2.75) is 42.9 Å². The number of aliphatic hydroxyl groups is 2. The van der Waals surface area contributed by atoms with Gasteiger partial charge in [-0.2, -0.15) is 4.98 Å². The molecule has 4 aromatic heterocycles. The van der Waals surface area contributed by atoms with Crippen LogP contribution in [0, 0.1) is 0 Å². The van der Waals surface area contributed by atoms with Gasteiger partial charge in [-0.05, 0) is 11.8 Å². The van der Waals surface area contributed by atoms with E-state index in [2.05, 4.69) is 29.9 Å². The van der Waals surface area contributed by atoms with Crippen LogP contribution in [0.3, 0.4) is 0 Å². The average Bonchev–Trinajstić information content (AvgIpc) is 3.69. The Bertz CT molecular complexity index is 1780. The van der Waals surface area contributed by atoms with Crippen molar-refractivity contribution in [1.82, 2.24) is 39.0 Å². The van der Waals surface area contributed by atoms with Crippen LogP contribution in [0.15, 0.2) is 28.6 Å². The summed E-state index contributed by atoms with van der Waals surface area (Å²) in [6, 6.07) is 0. The number of hydrogen-bond donors (Lipinski definition) is 6. The van der Waals surface area contributed by atoms with Gasteiger partial charge < -0.3 is 39.8 Å². The summed E-state index contributed by atoms with van der Waals surface area (Å²) in [5.74, 6) is -0.292. The van der Waals surface area contributed by atoms with Gasteiger partial charge in [0.25, 0.3) is 11.1 Å². The maximum absolute atomic E-state index is 15.8. The van der Waals surface area contributed by atoms with E-state index in [1.807, 2.05) is 0 Å². The maximum Gasteiger partial charge on any atom is 0.326 e. The molecular formula is C20H23FN9O9PS. The minimum absolute atomic E-state index is 0.0638. The summed E-state index contributed by atoms with van der Waals surface area (Å²) in [5.41, 5.74) is 2.17. The predicted octanol–water partition coefficient (Wildman–Crippen LogP) is -1.88. The standard InChI is InChI=1S/C20H23FN9O9PS/c21-14-9(2-31)36-4-20(14,30-7-26-13-16(30)27-19(22)28-18(13)34)39-40(35,41)37-3-10-8(32)1-11(38-10)29-6-25-12-15(29)23-5-24-17(12)33/h5-11,14,31-32H,1-4H2,(H,35,41)(H,23,24,33)(H3,22,27,28,34)/t8-,9+,10+,11+,14+,20-,40?/m0/s1. The van der Waals surface area contributed by atoms with Crippen molar-refractivity contribution in [2.75, 3.05) is 25.6 Å². The molecule has 2 saturated heterocycles. The molecule has 21 heteroatoms. The Kier molecular flexibility index (Phi) is 6.99. The molecular weight excluding hydrogens is 592 g/mol. The molecule has 0 bridgehead atoms. The normalized spacial score (nSPS) is 29.9. The Balaban J connectivity index is 1.23. The Morgan fingerprint density at radius 2 is 1.98 bits per heavy atom. The van der Waals surface area contributed by atoms with Crippen molar-refractivity contribution < 1.29 is 38.0 Å². The molecule has 6 heterocycles. The molecule has 18 nitrogen and oxygen atoms in total. The number of aromatic amines is 2. The van der Waals surface area contributed by atoms with E-state index in [1.54, 1.807) is 0 Å². The fourth-order valence-corrected chi connectivity index (χ4v) is 6.45. The molecule has 0 amide bonds. The molecule has 6 rings (SSSR count). The third kappa shape index (κ3) is 4.76. The van der Waals surface area contributed by atoms with Gasteiger partial charge in [-0.1, -0.05) is 0 Å². The number of H-pyrrole nitrogens is 2. The first kappa shape index (κ1) is 27.9. The number of alkyl halides is 1. The van der Waals surface area contributed by atoms with E-state index in [9.17, 15) is 24.7 Å². The largest absolute Gasteiger partial charge is 0.394 e. The first-order chi connectivity index (χ1) is 19.5. The number of hydrogen-bond acceptors (Lipinski definition) is 14. The smallest absolute Gasteiger partial charge is 0.326 e. The molecule has 0 radical (unpaired) electrons. The van der Waals surface area contributed by atoms with Gasteiger partial charge in [0.15, 0.2) is 28.5 Å². The van der Waals surface area contributed by atoms with Gasteiger partial charge in [0.2, 0.25) is 11.7 Å². The van der Waals surface area contributed by atoms with Crippen LogP contribution in [0.25, 0.3) is 22.3 Å². The Morgan fingerprint density at radius 1 is 1.22 bits per heavy atom. The van der Waals surface area contributed by atoms with Crippen molar-refractivity contribution in [2.24, 2.45) is 0 Å². The van der Waals surface area contributed by atoms with Gasteiger partial charge >= 0.3 is 6.72 Å². The van der Waals surface area contributed by atoms with E-state index in [1.165, 1.54) is 17.2 Å². The minimum atomic E-state index is -4.36. The zero-order valence-corrected chi connectivity index (χ0v) is 22.4. The predicted molar refractivity (Wildman–Crippen MR) is 138 cm³/mol. The van der Waals surface area contributed by atoms with Crippen LogP contribution in [0.1, 0.15) is 12.6 Å². The Morgan fingerprint density at radius 3 is 2.73 bits per heavy atom. The first-order valence-electron chi connectivity index (χ1n) is 12.0. The van der Waals surface area contributed by atoms with Crippen LogP contribution in [0.4, 0.5) is 10.3 Å². The summed E-state index contributed by atoms with van der Waals surface area (Å²) in [6.07, 6.45) is -2.75. The van der Waals surface area contributed by atoms with Crippen molar-refractivity contribution >= 4 is 46.8 Å². The van der Waals surface area contributed by atoms with E-state index >= 15 is 4.39 Å². The number of anilines is 1. The number of ether oxygens (including phenoxy) is 2. The lowest BCUT2D eigenvalue weighted by Gasteiger charge is -2.34. The number of nitrogens with zero attached hydrogens (tertiary/aromatic N) is 6. The van der Waals surface area contributed by atoms with E-state index in [-0.39, 0.29) is 34.7 Å². The molecule has 2 aliphatic heterocycles. The summed E-state index contributed by atoms with van der Waals surface area (Å²) < 4.78 is 40.7. The van der Waals surface area contributed by atoms with Gasteiger partial charge in [0.1, 0.15) is 18.4 Å². The highest BCUT2D eigenvalue weighted by Crippen LogP contribution is 2.53. The van der Waals surface area contributed by atoms with E-state index in [0.29, 0.717) is 0 Å². The van der Waals surface area contributed by atoms with Gasteiger partial charge in [-0.15, -0.1) is 0 Å². The second kappa shape index (κ2) is 10.3. The maximum atomic E-state index is 15.8. The topological polar surface area (TPSA) is 251 Å². The van der Waals surface area contributed by atoms with Crippen LogP contribution < -0.4 is 16.9 Å². The highest BCUT2D eigenvalue weighted by atomic mass is 32.5. The molecule has 1 unspecified atom stereocenters. The van der Waals surface area contributed by atoms with Gasteiger partial charge in [0, 0.05) is 6.42 Å². The number of nitrogens with one attached hydrogen (secondary N) is 2. The quantitative estimate of drug-likeness (QED) is 0.119. The van der Waals surface area contributed by atoms with Crippen molar-refractivity contribution in [1.29, 1.82) is 0 Å². The summed E-state index contributed by atoms with van der Waals surface area (Å²) in [4.78, 5) is 56.0. The number of halogens is 1. The Labute approximate surface area is 232 Å². The van der Waals surface area contributed by atoms with Crippen LogP contribution in [-0.4, -0.2) is 98.4 Å². The monoisotopic (exact) mass is 615 g/mol. The number of aromatic nitrogens is 8. The Hall–Kier alpha value is -3.20. The molecule has 2 fully saturated rings. The molecule has 0 spiro atoms. The zero-order valence-electron chi connectivity index (χ0n) is 20.7. The minimum Gasteiger partial charge on any atom is -0.394 e. The number of fused-ring (bicyclic) bond motifs is 2.